The molecule has 0 saturated carbocycles. The molecule has 0 fully saturated rings. The molecular formula is C28H31N3O5S. The first-order chi connectivity index (χ1) is 17.9. The van der Waals surface area contributed by atoms with Gasteiger partial charge in [0.25, 0.3) is 0 Å². The third-order valence-corrected chi connectivity index (χ3v) is 7.23. The average Bonchev–Trinajstić information content (AvgIpc) is 3.33. The van der Waals surface area contributed by atoms with Gasteiger partial charge in [0.2, 0.25) is 5.91 Å². The number of nitrogens with zero attached hydrogens (tertiary/aromatic N) is 2. The van der Waals surface area contributed by atoms with Crippen LogP contribution in [0.1, 0.15) is 49.9 Å². The van der Waals surface area contributed by atoms with Crippen LogP contribution in [0.25, 0.3) is 0 Å². The van der Waals surface area contributed by atoms with Crippen LogP contribution >= 0.6 is 11.8 Å². The molecule has 2 aromatic carbocycles. The van der Waals surface area contributed by atoms with Crippen LogP contribution in [0, 0.1) is 0 Å². The molecule has 37 heavy (non-hydrogen) atoms. The Bertz CT molecular complexity index is 1250. The highest BCUT2D eigenvalue weighted by atomic mass is 32.2. The molecule has 194 valence electrons. The largest absolute Gasteiger partial charge is 0.497 e. The van der Waals surface area contributed by atoms with E-state index in [-0.39, 0.29) is 18.4 Å². The van der Waals surface area contributed by atoms with Crippen LogP contribution in [-0.4, -0.2) is 43.3 Å². The van der Waals surface area contributed by atoms with Gasteiger partial charge in [0.1, 0.15) is 11.5 Å². The molecule has 1 amide bonds. The maximum absolute atomic E-state index is 13.1. The summed E-state index contributed by atoms with van der Waals surface area (Å²) < 4.78 is 16.2. The van der Waals surface area contributed by atoms with Crippen molar-refractivity contribution in [3.05, 3.63) is 82.0 Å². The predicted molar refractivity (Wildman–Crippen MR) is 144 cm³/mol. The van der Waals surface area contributed by atoms with E-state index in [1.807, 2.05) is 66.6 Å². The third kappa shape index (κ3) is 5.51. The quantitative estimate of drug-likeness (QED) is 0.459. The van der Waals surface area contributed by atoms with E-state index in [2.05, 4.69) is 5.32 Å². The van der Waals surface area contributed by atoms with Gasteiger partial charge in [-0.3, -0.25) is 4.79 Å². The lowest BCUT2D eigenvalue weighted by Gasteiger charge is -2.36. The van der Waals surface area contributed by atoms with Gasteiger partial charge in [-0.25, -0.2) is 9.79 Å². The number of amidine groups is 1. The molecule has 0 bridgehead atoms. The second-order valence-electron chi connectivity index (χ2n) is 8.62. The molecule has 0 radical (unpaired) electrons. The summed E-state index contributed by atoms with van der Waals surface area (Å²) in [5.41, 5.74) is 3.60. The Balaban J connectivity index is 1.71. The second kappa shape index (κ2) is 11.6. The van der Waals surface area contributed by atoms with Gasteiger partial charge in [0.05, 0.1) is 51.1 Å². The number of amides is 1. The summed E-state index contributed by atoms with van der Waals surface area (Å²) in [5.74, 6) is 0.584. The summed E-state index contributed by atoms with van der Waals surface area (Å²) in [4.78, 5) is 32.9. The normalized spacial score (nSPS) is 17.4. The van der Waals surface area contributed by atoms with Gasteiger partial charge in [0, 0.05) is 11.8 Å². The Morgan fingerprint density at radius 3 is 2.35 bits per heavy atom. The summed E-state index contributed by atoms with van der Waals surface area (Å²) in [6.45, 7) is 3.91. The van der Waals surface area contributed by atoms with Crippen LogP contribution in [0.5, 0.6) is 11.5 Å². The maximum atomic E-state index is 13.1. The number of allylic oxidation sites excluding steroid dienone is 1. The zero-order valence-corrected chi connectivity index (χ0v) is 22.4. The molecule has 8 nitrogen and oxygen atoms in total. The standard InChI is InChI=1S/C28H31N3O5S/c1-6-23-25(27(33)36-5)26(19-12-21(34-3)15-22(13-19)35-4)31-20(16-37-28(31)30-23)14-24(32)29-17(2)18-10-8-7-9-11-18/h7-13,15-17,26H,6,14H2,1-5H3,(H,29,32)/t17-,26-/m0/s1. The number of fused-ring (bicyclic) bond motifs is 1. The van der Waals surface area contributed by atoms with Gasteiger partial charge in [-0.05, 0) is 42.0 Å². The fourth-order valence-corrected chi connectivity index (χ4v) is 5.43. The zero-order chi connectivity index (χ0) is 26.5. The molecule has 0 aromatic heterocycles. The van der Waals surface area contributed by atoms with Crippen molar-refractivity contribution >= 4 is 28.8 Å². The van der Waals surface area contributed by atoms with Crippen LogP contribution < -0.4 is 14.8 Å². The number of benzene rings is 2. The highest BCUT2D eigenvalue weighted by molar-refractivity contribution is 8.16. The summed E-state index contributed by atoms with van der Waals surface area (Å²) >= 11 is 1.44. The van der Waals surface area contributed by atoms with Crippen LogP contribution in [-0.2, 0) is 14.3 Å². The van der Waals surface area contributed by atoms with Crippen LogP contribution in [0.4, 0.5) is 0 Å². The number of thioether (sulfide) groups is 1. The minimum atomic E-state index is -0.570. The number of nitrogens with one attached hydrogen (secondary N) is 1. The molecule has 2 aromatic rings. The van der Waals surface area contributed by atoms with E-state index < -0.39 is 12.0 Å². The molecule has 9 heteroatoms. The summed E-state index contributed by atoms with van der Waals surface area (Å²) in [7, 11) is 4.52. The van der Waals surface area contributed by atoms with Crippen LogP contribution in [0.2, 0.25) is 0 Å². The van der Waals surface area contributed by atoms with E-state index in [9.17, 15) is 9.59 Å². The highest BCUT2D eigenvalue weighted by Crippen LogP contribution is 2.46. The van der Waals surface area contributed by atoms with Crippen molar-refractivity contribution in [2.45, 2.75) is 38.8 Å². The minimum absolute atomic E-state index is 0.122. The number of carbonyl (C=O) groups excluding carboxylic acids is 2. The van der Waals surface area contributed by atoms with E-state index >= 15 is 0 Å². The third-order valence-electron chi connectivity index (χ3n) is 6.34. The SMILES string of the molecule is CCC1=C(C(=O)OC)[C@H](c2cc(OC)cc(OC)c2)N2C(CC(=O)N[C@@H](C)c3ccccc3)=CSC2=N1. The molecular weight excluding hydrogens is 490 g/mol. The Morgan fingerprint density at radius 1 is 1.08 bits per heavy atom. The smallest absolute Gasteiger partial charge is 0.338 e. The Kier molecular flexibility index (Phi) is 8.23. The molecule has 1 N–H and O–H groups in total. The number of ether oxygens (including phenoxy) is 3. The van der Waals surface area contributed by atoms with Gasteiger partial charge >= 0.3 is 5.97 Å². The number of methoxy groups -OCH3 is 3. The van der Waals surface area contributed by atoms with Crippen molar-refractivity contribution in [1.29, 1.82) is 0 Å². The van der Waals surface area contributed by atoms with Crippen LogP contribution in [0.3, 0.4) is 0 Å². The summed E-state index contributed by atoms with van der Waals surface area (Å²) in [5, 5.41) is 5.70. The van der Waals surface area contributed by atoms with Gasteiger partial charge in [-0.1, -0.05) is 49.0 Å². The maximum Gasteiger partial charge on any atom is 0.338 e. The Morgan fingerprint density at radius 2 is 1.76 bits per heavy atom. The molecule has 2 heterocycles. The van der Waals surface area contributed by atoms with Crippen molar-refractivity contribution in [3.8, 4) is 11.5 Å². The number of hydrogen-bond acceptors (Lipinski definition) is 8. The first kappa shape index (κ1) is 26.3. The van der Waals surface area contributed by atoms with Gasteiger partial charge in [0.15, 0.2) is 5.17 Å². The molecule has 2 aliphatic rings. The zero-order valence-electron chi connectivity index (χ0n) is 21.6. The molecule has 0 aliphatic carbocycles. The number of aliphatic imine (C=N–C) groups is 1. The average molecular weight is 522 g/mol. The van der Waals surface area contributed by atoms with Crippen molar-refractivity contribution in [1.82, 2.24) is 10.2 Å². The molecule has 2 aliphatic heterocycles. The fourth-order valence-electron chi connectivity index (χ4n) is 4.50. The van der Waals surface area contributed by atoms with E-state index in [0.29, 0.717) is 34.4 Å². The van der Waals surface area contributed by atoms with E-state index in [4.69, 9.17) is 19.2 Å². The van der Waals surface area contributed by atoms with E-state index in [0.717, 1.165) is 16.8 Å². The number of esters is 1. The molecule has 0 saturated heterocycles. The number of carbonyl (C=O) groups is 2. The van der Waals surface area contributed by atoms with Crippen molar-refractivity contribution < 1.29 is 23.8 Å². The second-order valence-corrected chi connectivity index (χ2v) is 9.46. The fraction of sp³-hybridized carbons (Fsp3) is 0.321. The monoisotopic (exact) mass is 521 g/mol. The first-order valence-corrected chi connectivity index (χ1v) is 12.9. The molecule has 2 atom stereocenters. The predicted octanol–water partition coefficient (Wildman–Crippen LogP) is 5.11. The lowest BCUT2D eigenvalue weighted by molar-refractivity contribution is -0.136. The van der Waals surface area contributed by atoms with E-state index in [1.165, 1.54) is 18.9 Å². The van der Waals surface area contributed by atoms with Crippen molar-refractivity contribution in [2.24, 2.45) is 4.99 Å². The topological polar surface area (TPSA) is 89.5 Å². The van der Waals surface area contributed by atoms with Crippen molar-refractivity contribution in [3.63, 3.8) is 0 Å². The highest BCUT2D eigenvalue weighted by Gasteiger charge is 2.42. The molecule has 0 spiro atoms. The van der Waals surface area contributed by atoms with Crippen molar-refractivity contribution in [2.75, 3.05) is 21.3 Å². The van der Waals surface area contributed by atoms with Gasteiger partial charge < -0.3 is 24.4 Å². The first-order valence-electron chi connectivity index (χ1n) is 12.0. The molecule has 0 unspecified atom stereocenters. The summed E-state index contributed by atoms with van der Waals surface area (Å²) in [6.07, 6.45) is 0.668. The Hall–Kier alpha value is -3.72. The number of hydrogen-bond donors (Lipinski definition) is 1. The minimum Gasteiger partial charge on any atom is -0.497 e. The van der Waals surface area contributed by atoms with Gasteiger partial charge in [-0.15, -0.1) is 0 Å². The van der Waals surface area contributed by atoms with E-state index in [1.54, 1.807) is 20.3 Å². The number of rotatable bonds is 9. The lowest BCUT2D eigenvalue weighted by atomic mass is 9.92. The summed E-state index contributed by atoms with van der Waals surface area (Å²) in [6, 6.07) is 14.6. The Labute approximate surface area is 221 Å². The van der Waals surface area contributed by atoms with Crippen LogP contribution in [0.15, 0.2) is 75.9 Å². The van der Waals surface area contributed by atoms with Gasteiger partial charge in [-0.2, -0.15) is 0 Å². The molecule has 4 rings (SSSR count). The lowest BCUT2D eigenvalue weighted by Crippen LogP contribution is -2.38.